The first-order valence-electron chi connectivity index (χ1n) is 8.06. The Morgan fingerprint density at radius 1 is 1.26 bits per heavy atom. The molecular formula is C16H23N3O3S. The Labute approximate surface area is 137 Å². The van der Waals surface area contributed by atoms with Gasteiger partial charge in [0.05, 0.1) is 4.90 Å². The number of likely N-dealkylation sites (N-methyl/N-ethyl adjacent to an activating group) is 1. The van der Waals surface area contributed by atoms with Gasteiger partial charge in [-0.2, -0.15) is 4.31 Å². The van der Waals surface area contributed by atoms with Crippen molar-refractivity contribution in [3.05, 3.63) is 30.3 Å². The minimum atomic E-state index is -3.62. The molecule has 2 saturated heterocycles. The van der Waals surface area contributed by atoms with E-state index in [0.717, 1.165) is 25.9 Å². The molecule has 2 heterocycles. The summed E-state index contributed by atoms with van der Waals surface area (Å²) in [7, 11) is -1.84. The van der Waals surface area contributed by atoms with E-state index in [0.29, 0.717) is 13.0 Å². The third-order valence-electron chi connectivity index (χ3n) is 4.77. The second-order valence-electron chi connectivity index (χ2n) is 6.18. The van der Waals surface area contributed by atoms with Crippen LogP contribution in [0.3, 0.4) is 0 Å². The molecule has 0 aromatic heterocycles. The van der Waals surface area contributed by atoms with Crippen molar-refractivity contribution in [2.24, 2.45) is 0 Å². The summed E-state index contributed by atoms with van der Waals surface area (Å²) < 4.78 is 27.1. The summed E-state index contributed by atoms with van der Waals surface area (Å²) in [6.45, 7) is 2.09. The Kier molecular flexibility index (Phi) is 4.70. The topological polar surface area (TPSA) is 69.7 Å². The van der Waals surface area contributed by atoms with Gasteiger partial charge in [0.15, 0.2) is 0 Å². The first-order chi connectivity index (χ1) is 11.0. The van der Waals surface area contributed by atoms with E-state index in [1.54, 1.807) is 42.3 Å². The van der Waals surface area contributed by atoms with E-state index in [1.165, 1.54) is 4.31 Å². The van der Waals surface area contributed by atoms with Crippen LogP contribution in [0, 0.1) is 0 Å². The fourth-order valence-corrected chi connectivity index (χ4v) is 5.06. The molecule has 2 atom stereocenters. The third-order valence-corrected chi connectivity index (χ3v) is 6.69. The zero-order chi connectivity index (χ0) is 16.4. The van der Waals surface area contributed by atoms with Crippen molar-refractivity contribution in [2.45, 2.75) is 36.2 Å². The summed E-state index contributed by atoms with van der Waals surface area (Å²) in [5.41, 5.74) is 0. The zero-order valence-electron chi connectivity index (χ0n) is 13.3. The van der Waals surface area contributed by atoms with Crippen LogP contribution < -0.4 is 5.32 Å². The molecule has 0 spiro atoms. The Balaban J connectivity index is 1.81. The van der Waals surface area contributed by atoms with Crippen molar-refractivity contribution in [1.29, 1.82) is 0 Å². The molecule has 0 aliphatic carbocycles. The van der Waals surface area contributed by atoms with Crippen LogP contribution in [-0.2, 0) is 14.8 Å². The van der Waals surface area contributed by atoms with E-state index in [-0.39, 0.29) is 16.8 Å². The van der Waals surface area contributed by atoms with Crippen molar-refractivity contribution in [1.82, 2.24) is 14.5 Å². The smallest absolute Gasteiger partial charge is 0.243 e. The highest BCUT2D eigenvalue weighted by Gasteiger charge is 2.41. The van der Waals surface area contributed by atoms with Gasteiger partial charge in [0.2, 0.25) is 15.9 Å². The van der Waals surface area contributed by atoms with Crippen LogP contribution >= 0.6 is 0 Å². The molecule has 1 aromatic rings. The van der Waals surface area contributed by atoms with Gasteiger partial charge in [-0.05, 0) is 37.9 Å². The van der Waals surface area contributed by atoms with Gasteiger partial charge < -0.3 is 10.2 Å². The summed E-state index contributed by atoms with van der Waals surface area (Å²) in [5, 5.41) is 3.24. The Bertz CT molecular complexity index is 656. The molecule has 1 N–H and O–H groups in total. The van der Waals surface area contributed by atoms with Gasteiger partial charge in [0.1, 0.15) is 6.04 Å². The van der Waals surface area contributed by atoms with E-state index in [9.17, 15) is 13.2 Å². The highest BCUT2D eigenvalue weighted by atomic mass is 32.2. The first-order valence-corrected chi connectivity index (χ1v) is 9.50. The average molecular weight is 337 g/mol. The van der Waals surface area contributed by atoms with Crippen LogP contribution in [0.5, 0.6) is 0 Å². The van der Waals surface area contributed by atoms with E-state index >= 15 is 0 Å². The number of nitrogens with zero attached hydrogens (tertiary/aromatic N) is 2. The second-order valence-corrected chi connectivity index (χ2v) is 8.07. The number of hydrogen-bond acceptors (Lipinski definition) is 4. The normalized spacial score (nSPS) is 25.6. The lowest BCUT2D eigenvalue weighted by Crippen LogP contribution is -2.50. The number of amides is 1. The minimum Gasteiger partial charge on any atom is -0.340 e. The maximum atomic E-state index is 12.8. The predicted molar refractivity (Wildman–Crippen MR) is 87.4 cm³/mol. The largest absolute Gasteiger partial charge is 0.340 e. The van der Waals surface area contributed by atoms with Crippen LogP contribution in [0.2, 0.25) is 0 Å². The number of carbonyl (C=O) groups excluding carboxylic acids is 1. The van der Waals surface area contributed by atoms with E-state index in [4.69, 9.17) is 0 Å². The molecule has 2 unspecified atom stereocenters. The minimum absolute atomic E-state index is 0.0873. The molecule has 0 bridgehead atoms. The summed E-state index contributed by atoms with van der Waals surface area (Å²) in [5.74, 6) is -0.0873. The van der Waals surface area contributed by atoms with Gasteiger partial charge in [-0.1, -0.05) is 18.2 Å². The molecular weight excluding hydrogens is 314 g/mol. The Hall–Kier alpha value is -1.44. The lowest BCUT2D eigenvalue weighted by Gasteiger charge is -2.30. The molecule has 126 valence electrons. The fourth-order valence-electron chi connectivity index (χ4n) is 3.39. The van der Waals surface area contributed by atoms with Crippen LogP contribution in [0.15, 0.2) is 35.2 Å². The second kappa shape index (κ2) is 6.59. The molecule has 2 aliphatic rings. The van der Waals surface area contributed by atoms with Crippen LogP contribution in [0.25, 0.3) is 0 Å². The van der Waals surface area contributed by atoms with Gasteiger partial charge in [0.25, 0.3) is 0 Å². The number of carbonyl (C=O) groups is 1. The number of nitrogens with one attached hydrogen (secondary N) is 1. The molecule has 7 heteroatoms. The van der Waals surface area contributed by atoms with Crippen LogP contribution in [0.4, 0.5) is 0 Å². The van der Waals surface area contributed by atoms with E-state index in [2.05, 4.69) is 5.32 Å². The van der Waals surface area contributed by atoms with Crippen molar-refractivity contribution in [3.8, 4) is 0 Å². The summed E-state index contributed by atoms with van der Waals surface area (Å²) in [6.07, 6.45) is 2.23. The molecule has 1 aromatic carbocycles. The van der Waals surface area contributed by atoms with Crippen molar-refractivity contribution in [3.63, 3.8) is 0 Å². The molecule has 2 aliphatic heterocycles. The fraction of sp³-hybridized carbons (Fsp3) is 0.562. The average Bonchev–Trinajstić information content (AvgIpc) is 3.25. The molecule has 2 fully saturated rings. The maximum absolute atomic E-state index is 12.8. The zero-order valence-corrected chi connectivity index (χ0v) is 14.1. The molecule has 0 radical (unpaired) electrons. The summed E-state index contributed by atoms with van der Waals surface area (Å²) in [6, 6.07) is 7.94. The van der Waals surface area contributed by atoms with E-state index < -0.39 is 16.1 Å². The highest BCUT2D eigenvalue weighted by Crippen LogP contribution is 2.27. The highest BCUT2D eigenvalue weighted by molar-refractivity contribution is 7.89. The van der Waals surface area contributed by atoms with E-state index in [1.807, 2.05) is 0 Å². The molecule has 1 amide bonds. The number of sulfonamides is 1. The lowest BCUT2D eigenvalue weighted by molar-refractivity contribution is -0.135. The quantitative estimate of drug-likeness (QED) is 0.876. The van der Waals surface area contributed by atoms with Crippen molar-refractivity contribution >= 4 is 15.9 Å². The molecule has 23 heavy (non-hydrogen) atoms. The standard InChI is InChI=1S/C16H23N3O3S/c1-18(13-9-10-17-12-13)16(20)15-8-5-11-19(15)23(21,22)14-6-3-2-4-7-14/h2-4,6-7,13,15,17H,5,8-12H2,1H3. The molecule has 6 nitrogen and oxygen atoms in total. The molecule has 3 rings (SSSR count). The number of benzene rings is 1. The van der Waals surface area contributed by atoms with Gasteiger partial charge in [-0.15, -0.1) is 0 Å². The number of rotatable bonds is 4. The van der Waals surface area contributed by atoms with Crippen LogP contribution in [0.1, 0.15) is 19.3 Å². The monoisotopic (exact) mass is 337 g/mol. The van der Waals surface area contributed by atoms with Gasteiger partial charge in [-0.3, -0.25) is 4.79 Å². The SMILES string of the molecule is CN(C(=O)C1CCCN1S(=O)(=O)c1ccccc1)C1CCNC1. The Morgan fingerprint density at radius 3 is 2.65 bits per heavy atom. The lowest BCUT2D eigenvalue weighted by atomic mass is 10.1. The summed E-state index contributed by atoms with van der Waals surface area (Å²) >= 11 is 0. The number of hydrogen-bond donors (Lipinski definition) is 1. The van der Waals surface area contributed by atoms with Gasteiger partial charge in [0, 0.05) is 26.2 Å². The first kappa shape index (κ1) is 16.4. The van der Waals surface area contributed by atoms with Gasteiger partial charge in [-0.25, -0.2) is 8.42 Å². The Morgan fingerprint density at radius 2 is 2.00 bits per heavy atom. The van der Waals surface area contributed by atoms with Crippen molar-refractivity contribution in [2.75, 3.05) is 26.7 Å². The third kappa shape index (κ3) is 3.13. The van der Waals surface area contributed by atoms with Crippen LogP contribution in [-0.4, -0.2) is 62.3 Å². The van der Waals surface area contributed by atoms with Gasteiger partial charge >= 0.3 is 0 Å². The molecule has 0 saturated carbocycles. The predicted octanol–water partition coefficient (Wildman–Crippen LogP) is 0.660. The van der Waals surface area contributed by atoms with Crippen molar-refractivity contribution < 1.29 is 13.2 Å². The maximum Gasteiger partial charge on any atom is 0.243 e. The summed E-state index contributed by atoms with van der Waals surface area (Å²) in [4.78, 5) is 14.8.